The molecule has 8 heteroatoms. The van der Waals surface area contributed by atoms with Gasteiger partial charge in [0.25, 0.3) is 0 Å². The number of aromatic nitrogens is 1. The van der Waals surface area contributed by atoms with Crippen LogP contribution in [-0.2, 0) is 11.2 Å². The number of urea groups is 1. The van der Waals surface area contributed by atoms with Crippen LogP contribution in [0.4, 0.5) is 15.6 Å². The molecule has 3 amide bonds. The zero-order valence-electron chi connectivity index (χ0n) is 12.8. The summed E-state index contributed by atoms with van der Waals surface area (Å²) in [7, 11) is 0. The van der Waals surface area contributed by atoms with Crippen LogP contribution in [0.2, 0.25) is 0 Å². The summed E-state index contributed by atoms with van der Waals surface area (Å²) in [6.07, 6.45) is 1.01. The summed E-state index contributed by atoms with van der Waals surface area (Å²) in [6, 6.07) is 8.53. The lowest BCUT2D eigenvalue weighted by Gasteiger charge is -2.24. The van der Waals surface area contributed by atoms with Crippen LogP contribution in [0.25, 0.3) is 0 Å². The number of hydrogen-bond donors (Lipinski definition) is 2. The number of thiazole rings is 1. The Morgan fingerprint density at radius 1 is 1.42 bits per heavy atom. The summed E-state index contributed by atoms with van der Waals surface area (Å²) < 4.78 is 0. The van der Waals surface area contributed by atoms with E-state index in [1.54, 1.807) is 34.5 Å². The maximum atomic E-state index is 12.1. The number of rotatable bonds is 4. The van der Waals surface area contributed by atoms with Crippen molar-refractivity contribution in [3.05, 3.63) is 40.9 Å². The Labute approximate surface area is 142 Å². The van der Waals surface area contributed by atoms with Crippen molar-refractivity contribution in [3.63, 3.8) is 0 Å². The summed E-state index contributed by atoms with van der Waals surface area (Å²) in [4.78, 5) is 29.8. The van der Waals surface area contributed by atoms with Gasteiger partial charge in [0.15, 0.2) is 5.13 Å². The van der Waals surface area contributed by atoms with Gasteiger partial charge in [-0.05, 0) is 30.7 Å². The van der Waals surface area contributed by atoms with E-state index in [4.69, 9.17) is 5.26 Å². The highest BCUT2D eigenvalue weighted by molar-refractivity contribution is 7.14. The van der Waals surface area contributed by atoms with Gasteiger partial charge in [0.1, 0.15) is 0 Å². The van der Waals surface area contributed by atoms with Crippen LogP contribution in [-0.4, -0.2) is 30.0 Å². The molecule has 1 aliphatic rings. The van der Waals surface area contributed by atoms with E-state index in [9.17, 15) is 9.59 Å². The average molecular weight is 341 g/mol. The highest BCUT2D eigenvalue weighted by Gasteiger charge is 2.22. The van der Waals surface area contributed by atoms with Crippen LogP contribution in [0.1, 0.15) is 17.7 Å². The molecule has 7 nitrogen and oxygen atoms in total. The molecule has 24 heavy (non-hydrogen) atoms. The number of carbonyl (C=O) groups excluding carboxylic acids is 2. The third-order valence-electron chi connectivity index (χ3n) is 3.49. The maximum absolute atomic E-state index is 12.1. The molecule has 1 fully saturated rings. The summed E-state index contributed by atoms with van der Waals surface area (Å²) in [5.74, 6) is -0.195. The third-order valence-corrected chi connectivity index (χ3v) is 4.40. The minimum Gasteiger partial charge on any atom is -0.338 e. The lowest BCUT2D eigenvalue weighted by molar-refractivity contribution is -0.115. The van der Waals surface area contributed by atoms with Crippen LogP contribution in [0.5, 0.6) is 0 Å². The Morgan fingerprint density at radius 2 is 2.21 bits per heavy atom. The minimum absolute atomic E-state index is 0.131. The zero-order valence-corrected chi connectivity index (χ0v) is 13.6. The normalized spacial score (nSPS) is 14.0. The number of nitrogens with one attached hydrogen (secondary N) is 2. The molecule has 0 atom stereocenters. The van der Waals surface area contributed by atoms with Crippen molar-refractivity contribution in [1.29, 1.82) is 5.26 Å². The number of nitriles is 1. The number of anilines is 2. The molecule has 1 saturated heterocycles. The molecule has 1 aromatic heterocycles. The van der Waals surface area contributed by atoms with Crippen molar-refractivity contribution in [2.24, 2.45) is 0 Å². The fourth-order valence-electron chi connectivity index (χ4n) is 2.31. The molecule has 0 spiro atoms. The standard InChI is InChI=1S/C16H15N5O2S/c17-9-11-2-4-12(5-3-11)19-14(22)8-13-10-24-16(20-13)21-7-1-6-18-15(21)23/h2-5,10H,1,6-8H2,(H,18,23)(H,19,22). The molecule has 1 aliphatic heterocycles. The molecule has 2 N–H and O–H groups in total. The summed E-state index contributed by atoms with van der Waals surface area (Å²) in [5.41, 5.74) is 1.79. The molecule has 122 valence electrons. The largest absolute Gasteiger partial charge is 0.338 e. The van der Waals surface area contributed by atoms with Gasteiger partial charge < -0.3 is 10.6 Å². The molecule has 3 rings (SSSR count). The SMILES string of the molecule is N#Cc1ccc(NC(=O)Cc2csc(N3CCCNC3=O)n2)cc1. The molecule has 0 bridgehead atoms. The minimum atomic E-state index is -0.195. The predicted octanol–water partition coefficient (Wildman–Crippen LogP) is 2.12. The number of carbonyl (C=O) groups is 2. The predicted molar refractivity (Wildman–Crippen MR) is 91.0 cm³/mol. The quantitative estimate of drug-likeness (QED) is 0.890. The van der Waals surface area contributed by atoms with Crippen LogP contribution >= 0.6 is 11.3 Å². The van der Waals surface area contributed by atoms with Crippen molar-refractivity contribution in [2.45, 2.75) is 12.8 Å². The topological polar surface area (TPSA) is 98.1 Å². The van der Waals surface area contributed by atoms with Crippen molar-refractivity contribution in [3.8, 4) is 6.07 Å². The molecule has 2 aromatic rings. The molecule has 0 aliphatic carbocycles. The Kier molecular flexibility index (Phi) is 4.72. The summed E-state index contributed by atoms with van der Waals surface area (Å²) in [5, 5.41) is 16.7. The van der Waals surface area contributed by atoms with E-state index in [1.165, 1.54) is 11.3 Å². The molecule has 0 radical (unpaired) electrons. The monoisotopic (exact) mass is 341 g/mol. The van der Waals surface area contributed by atoms with Crippen molar-refractivity contribution >= 4 is 34.1 Å². The van der Waals surface area contributed by atoms with E-state index in [-0.39, 0.29) is 18.4 Å². The Balaban J connectivity index is 1.60. The first kappa shape index (κ1) is 16.0. The van der Waals surface area contributed by atoms with Gasteiger partial charge in [-0.25, -0.2) is 9.78 Å². The smallest absolute Gasteiger partial charge is 0.323 e. The van der Waals surface area contributed by atoms with E-state index in [1.807, 2.05) is 6.07 Å². The van der Waals surface area contributed by atoms with E-state index < -0.39 is 0 Å². The first-order valence-electron chi connectivity index (χ1n) is 7.45. The van der Waals surface area contributed by atoms with Crippen molar-refractivity contribution in [2.75, 3.05) is 23.3 Å². The van der Waals surface area contributed by atoms with Crippen LogP contribution < -0.4 is 15.5 Å². The van der Waals surface area contributed by atoms with Gasteiger partial charge in [-0.1, -0.05) is 0 Å². The number of hydrogen-bond acceptors (Lipinski definition) is 5. The Hall–Kier alpha value is -2.92. The number of amides is 3. The van der Waals surface area contributed by atoms with Gasteiger partial charge in [0.05, 0.1) is 23.7 Å². The molecule has 0 unspecified atom stereocenters. The molecular formula is C16H15N5O2S. The van der Waals surface area contributed by atoms with E-state index in [0.717, 1.165) is 6.42 Å². The van der Waals surface area contributed by atoms with Crippen molar-refractivity contribution < 1.29 is 9.59 Å². The van der Waals surface area contributed by atoms with E-state index in [2.05, 4.69) is 15.6 Å². The highest BCUT2D eigenvalue weighted by atomic mass is 32.1. The first-order chi connectivity index (χ1) is 11.7. The number of nitrogens with zero attached hydrogens (tertiary/aromatic N) is 3. The summed E-state index contributed by atoms with van der Waals surface area (Å²) >= 11 is 1.35. The Bertz CT molecular complexity index is 794. The fourth-order valence-corrected chi connectivity index (χ4v) is 3.16. The lowest BCUT2D eigenvalue weighted by atomic mass is 10.2. The molecule has 1 aromatic carbocycles. The molecular weight excluding hydrogens is 326 g/mol. The first-order valence-corrected chi connectivity index (χ1v) is 8.33. The van der Waals surface area contributed by atoms with Gasteiger partial charge in [-0.2, -0.15) is 5.26 Å². The van der Waals surface area contributed by atoms with Crippen LogP contribution in [0, 0.1) is 11.3 Å². The van der Waals surface area contributed by atoms with Crippen molar-refractivity contribution in [1.82, 2.24) is 10.3 Å². The lowest BCUT2D eigenvalue weighted by Crippen LogP contribution is -2.46. The van der Waals surface area contributed by atoms with Crippen LogP contribution in [0.3, 0.4) is 0 Å². The van der Waals surface area contributed by atoms with Gasteiger partial charge in [0.2, 0.25) is 5.91 Å². The zero-order chi connectivity index (χ0) is 16.9. The second kappa shape index (κ2) is 7.10. The Morgan fingerprint density at radius 3 is 2.92 bits per heavy atom. The van der Waals surface area contributed by atoms with E-state index >= 15 is 0 Å². The average Bonchev–Trinajstić information content (AvgIpc) is 3.04. The van der Waals surface area contributed by atoms with Gasteiger partial charge in [0, 0.05) is 24.2 Å². The second-order valence-corrected chi connectivity index (χ2v) is 6.11. The second-order valence-electron chi connectivity index (χ2n) is 5.27. The van der Waals surface area contributed by atoms with E-state index in [0.29, 0.717) is 35.2 Å². The van der Waals surface area contributed by atoms with Gasteiger partial charge >= 0.3 is 6.03 Å². The summed E-state index contributed by atoms with van der Waals surface area (Å²) in [6.45, 7) is 1.32. The van der Waals surface area contributed by atoms with Gasteiger partial charge in [-0.3, -0.25) is 9.69 Å². The fraction of sp³-hybridized carbons (Fsp3) is 0.250. The van der Waals surface area contributed by atoms with Gasteiger partial charge in [-0.15, -0.1) is 11.3 Å². The molecule has 0 saturated carbocycles. The molecule has 2 heterocycles. The number of benzene rings is 1. The maximum Gasteiger partial charge on any atom is 0.323 e. The third kappa shape index (κ3) is 3.70. The highest BCUT2D eigenvalue weighted by Crippen LogP contribution is 2.22. The van der Waals surface area contributed by atoms with Crippen LogP contribution in [0.15, 0.2) is 29.6 Å².